The van der Waals surface area contributed by atoms with Gasteiger partial charge in [0.2, 0.25) is 0 Å². The monoisotopic (exact) mass is 408 g/mol. The molecule has 4 rings (SSSR count). The Morgan fingerprint density at radius 2 is 1.97 bits per heavy atom. The summed E-state index contributed by atoms with van der Waals surface area (Å²) in [6, 6.07) is 14.6. The van der Waals surface area contributed by atoms with E-state index in [4.69, 9.17) is 16.3 Å². The number of hydrogen-bond donors (Lipinski definition) is 1. The maximum atomic E-state index is 13.0. The molecule has 0 saturated heterocycles. The number of halogens is 1. The first-order valence-corrected chi connectivity index (χ1v) is 9.26. The van der Waals surface area contributed by atoms with Crippen LogP contribution in [0.5, 0.6) is 0 Å². The van der Waals surface area contributed by atoms with Gasteiger partial charge in [-0.3, -0.25) is 14.7 Å². The Morgan fingerprint density at radius 1 is 1.17 bits per heavy atom. The van der Waals surface area contributed by atoms with Crippen molar-refractivity contribution in [2.45, 2.75) is 13.5 Å². The van der Waals surface area contributed by atoms with E-state index < -0.39 is 5.97 Å². The van der Waals surface area contributed by atoms with Crippen LogP contribution in [0.1, 0.15) is 12.6 Å². The number of para-hydroxylation sites is 2. The molecular weight excluding hydrogens is 392 g/mol. The molecule has 2 aromatic heterocycles. The molecule has 0 bridgehead atoms. The number of aromatic amines is 1. The number of fused-ring (bicyclic) bond motifs is 1. The number of carbonyl (C=O) groups excluding carboxylic acids is 1. The first-order valence-electron chi connectivity index (χ1n) is 8.88. The van der Waals surface area contributed by atoms with E-state index in [0.717, 1.165) is 11.1 Å². The molecule has 4 aromatic rings. The molecule has 0 spiro atoms. The summed E-state index contributed by atoms with van der Waals surface area (Å²) in [6.07, 6.45) is 0. The second-order valence-corrected chi connectivity index (χ2v) is 6.97. The smallest absolute Gasteiger partial charge is 0.303 e. The predicted molar refractivity (Wildman–Crippen MR) is 110 cm³/mol. The lowest BCUT2D eigenvalue weighted by Gasteiger charge is -2.09. The zero-order valence-electron chi connectivity index (χ0n) is 15.8. The number of ether oxygens (including phenoxy) is 1. The molecule has 7 nitrogen and oxygen atoms in total. The van der Waals surface area contributed by atoms with E-state index in [1.165, 1.54) is 6.92 Å². The van der Waals surface area contributed by atoms with Crippen LogP contribution < -0.4 is 5.56 Å². The van der Waals surface area contributed by atoms with Crippen LogP contribution in [0, 0.1) is 0 Å². The number of benzene rings is 2. The quantitative estimate of drug-likeness (QED) is 0.520. The summed E-state index contributed by atoms with van der Waals surface area (Å²) in [5.41, 5.74) is 3.60. The van der Waals surface area contributed by atoms with Crippen molar-refractivity contribution in [1.82, 2.24) is 19.7 Å². The predicted octanol–water partition coefficient (Wildman–Crippen LogP) is 3.71. The van der Waals surface area contributed by atoms with E-state index >= 15 is 0 Å². The molecule has 8 heteroatoms. The van der Waals surface area contributed by atoms with Gasteiger partial charge in [0.05, 0.1) is 16.7 Å². The fourth-order valence-electron chi connectivity index (χ4n) is 3.22. The summed E-state index contributed by atoms with van der Waals surface area (Å²) in [5.74, 6) is -0.419. The highest BCUT2D eigenvalue weighted by Gasteiger charge is 2.22. The Hall–Kier alpha value is -3.45. The minimum absolute atomic E-state index is 0.0158. The van der Waals surface area contributed by atoms with Crippen LogP contribution in [0.25, 0.3) is 33.5 Å². The highest BCUT2D eigenvalue weighted by Crippen LogP contribution is 2.33. The van der Waals surface area contributed by atoms with Crippen molar-refractivity contribution in [1.29, 1.82) is 0 Å². The topological polar surface area (TPSA) is 89.9 Å². The molecule has 29 heavy (non-hydrogen) atoms. The fourth-order valence-corrected chi connectivity index (χ4v) is 3.41. The maximum absolute atomic E-state index is 13.0. The van der Waals surface area contributed by atoms with Gasteiger partial charge < -0.3 is 9.30 Å². The van der Waals surface area contributed by atoms with E-state index in [9.17, 15) is 9.59 Å². The fraction of sp³-hybridized carbons (Fsp3) is 0.143. The van der Waals surface area contributed by atoms with E-state index in [1.807, 2.05) is 30.3 Å². The van der Waals surface area contributed by atoms with Crippen LogP contribution in [0.3, 0.4) is 0 Å². The Morgan fingerprint density at radius 3 is 2.72 bits per heavy atom. The highest BCUT2D eigenvalue weighted by atomic mass is 35.5. The van der Waals surface area contributed by atoms with E-state index in [1.54, 1.807) is 29.8 Å². The molecule has 0 saturated carbocycles. The molecule has 2 aromatic carbocycles. The van der Waals surface area contributed by atoms with Gasteiger partial charge in [-0.05, 0) is 29.8 Å². The average Bonchev–Trinajstić information content (AvgIpc) is 3.13. The van der Waals surface area contributed by atoms with E-state index in [-0.39, 0.29) is 17.9 Å². The average molecular weight is 409 g/mol. The van der Waals surface area contributed by atoms with Gasteiger partial charge >= 0.3 is 5.97 Å². The molecule has 0 aliphatic rings. The number of hydrogen-bond acceptors (Lipinski definition) is 5. The zero-order chi connectivity index (χ0) is 20.5. The minimum Gasteiger partial charge on any atom is -0.459 e. The van der Waals surface area contributed by atoms with Gasteiger partial charge in [0, 0.05) is 24.6 Å². The summed E-state index contributed by atoms with van der Waals surface area (Å²) in [7, 11) is 1.70. The lowest BCUT2D eigenvalue weighted by molar-refractivity contribution is -0.142. The lowest BCUT2D eigenvalue weighted by Crippen LogP contribution is -2.21. The molecule has 0 unspecified atom stereocenters. The first-order chi connectivity index (χ1) is 14.0. The van der Waals surface area contributed by atoms with E-state index in [2.05, 4.69) is 15.2 Å². The molecule has 2 heterocycles. The summed E-state index contributed by atoms with van der Waals surface area (Å²) >= 11 is 6.18. The molecule has 0 fully saturated rings. The van der Waals surface area contributed by atoms with Crippen molar-refractivity contribution < 1.29 is 9.53 Å². The van der Waals surface area contributed by atoms with Crippen LogP contribution in [0.15, 0.2) is 53.3 Å². The molecule has 0 aliphatic carbocycles. The van der Waals surface area contributed by atoms with Crippen molar-refractivity contribution in [2.75, 3.05) is 0 Å². The van der Waals surface area contributed by atoms with Gasteiger partial charge in [-0.25, -0.2) is 4.98 Å². The Balaban J connectivity index is 1.97. The number of aryl methyl sites for hydroxylation is 1. The summed E-state index contributed by atoms with van der Waals surface area (Å²) in [5, 5.41) is 7.76. The molecule has 146 valence electrons. The number of esters is 1. The molecule has 0 amide bonds. The van der Waals surface area contributed by atoms with Gasteiger partial charge in [0.1, 0.15) is 12.3 Å². The van der Waals surface area contributed by atoms with Crippen molar-refractivity contribution >= 4 is 28.6 Å². The first kappa shape index (κ1) is 18.9. The Bertz CT molecular complexity index is 1290. The van der Waals surface area contributed by atoms with Crippen molar-refractivity contribution in [2.24, 2.45) is 7.05 Å². The molecule has 1 N–H and O–H groups in total. The zero-order valence-corrected chi connectivity index (χ0v) is 16.5. The Labute approximate surface area is 170 Å². The third kappa shape index (κ3) is 3.52. The maximum Gasteiger partial charge on any atom is 0.303 e. The number of nitrogens with one attached hydrogen (secondary N) is 1. The SMILES string of the molecule is CC(=O)OCc1[nH]nc(-c2nc3ccccc3n(C)c2=O)c1-c1cccc(Cl)c1. The number of aromatic nitrogens is 4. The number of nitrogens with zero attached hydrogens (tertiary/aromatic N) is 3. The molecule has 0 aliphatic heterocycles. The third-order valence-electron chi connectivity index (χ3n) is 4.58. The normalized spacial score (nSPS) is 11.0. The van der Waals surface area contributed by atoms with Gasteiger partial charge in [0.25, 0.3) is 5.56 Å². The van der Waals surface area contributed by atoms with Crippen LogP contribution in [0.4, 0.5) is 0 Å². The van der Waals surface area contributed by atoms with Crippen molar-refractivity contribution in [3.63, 3.8) is 0 Å². The van der Waals surface area contributed by atoms with Crippen LogP contribution in [-0.2, 0) is 23.2 Å². The van der Waals surface area contributed by atoms with Crippen molar-refractivity contribution in [3.8, 4) is 22.5 Å². The van der Waals surface area contributed by atoms with Gasteiger partial charge in [-0.1, -0.05) is 35.9 Å². The standard InChI is InChI=1S/C21H17ClN4O3/c1-12(27)29-11-16-18(13-6-5-7-14(22)10-13)19(25-24-16)20-21(28)26(2)17-9-4-3-8-15(17)23-20/h3-10H,11H2,1-2H3,(H,24,25). The molecule has 0 atom stereocenters. The second-order valence-electron chi connectivity index (χ2n) is 6.53. The van der Waals surface area contributed by atoms with Gasteiger partial charge in [-0.15, -0.1) is 0 Å². The lowest BCUT2D eigenvalue weighted by atomic mass is 10.0. The largest absolute Gasteiger partial charge is 0.459 e. The summed E-state index contributed by atoms with van der Waals surface area (Å²) < 4.78 is 6.69. The molecular formula is C21H17ClN4O3. The third-order valence-corrected chi connectivity index (χ3v) is 4.82. The minimum atomic E-state index is -0.419. The second kappa shape index (κ2) is 7.52. The van der Waals surface area contributed by atoms with Gasteiger partial charge in [-0.2, -0.15) is 5.10 Å². The number of carbonyl (C=O) groups is 1. The molecule has 0 radical (unpaired) electrons. The summed E-state index contributed by atoms with van der Waals surface area (Å²) in [4.78, 5) is 28.9. The van der Waals surface area contributed by atoms with E-state index in [0.29, 0.717) is 27.5 Å². The van der Waals surface area contributed by atoms with Gasteiger partial charge in [0.15, 0.2) is 5.69 Å². The van der Waals surface area contributed by atoms with Crippen LogP contribution in [0.2, 0.25) is 5.02 Å². The highest BCUT2D eigenvalue weighted by molar-refractivity contribution is 6.30. The van der Waals surface area contributed by atoms with Crippen LogP contribution in [-0.4, -0.2) is 25.7 Å². The number of rotatable bonds is 4. The van der Waals surface area contributed by atoms with Crippen LogP contribution >= 0.6 is 11.6 Å². The Kier molecular flexibility index (Phi) is 4.90. The number of H-pyrrole nitrogens is 1. The summed E-state index contributed by atoms with van der Waals surface area (Å²) in [6.45, 7) is 1.31. The van der Waals surface area contributed by atoms with Crippen molar-refractivity contribution in [3.05, 3.63) is 69.6 Å².